The Kier molecular flexibility index (Phi) is 4.55. The van der Waals surface area contributed by atoms with Gasteiger partial charge in [-0.25, -0.2) is 0 Å². The topological polar surface area (TPSA) is 12.0 Å². The minimum absolute atomic E-state index is 0.872. The average Bonchev–Trinajstić information content (AvgIpc) is 3.16. The molecule has 1 heteroatoms. The first kappa shape index (κ1) is 13.2. The van der Waals surface area contributed by atoms with Gasteiger partial charge in [-0.3, -0.25) is 0 Å². The van der Waals surface area contributed by atoms with Gasteiger partial charge in [-0.15, -0.1) is 0 Å². The number of nitrogens with one attached hydrogen (secondary N) is 1. The number of hydrogen-bond acceptors (Lipinski definition) is 1. The highest BCUT2D eigenvalue weighted by Gasteiger charge is 2.25. The van der Waals surface area contributed by atoms with E-state index in [1.807, 2.05) is 0 Å². The Morgan fingerprint density at radius 2 is 1.79 bits per heavy atom. The van der Waals surface area contributed by atoms with E-state index in [4.69, 9.17) is 0 Å². The summed E-state index contributed by atoms with van der Waals surface area (Å²) in [5, 5.41) is 3.65. The van der Waals surface area contributed by atoms with Crippen LogP contribution in [0.5, 0.6) is 0 Å². The molecule has 2 aliphatic rings. The van der Waals surface area contributed by atoms with E-state index in [0.29, 0.717) is 0 Å². The largest absolute Gasteiger partial charge is 0.313 e. The van der Waals surface area contributed by atoms with E-state index in [9.17, 15) is 0 Å². The van der Waals surface area contributed by atoms with Crippen molar-refractivity contribution in [1.29, 1.82) is 0 Å². The van der Waals surface area contributed by atoms with Crippen LogP contribution < -0.4 is 5.32 Å². The van der Waals surface area contributed by atoms with E-state index in [1.54, 1.807) is 5.56 Å². The molecule has 2 aliphatic carbocycles. The highest BCUT2D eigenvalue weighted by atomic mass is 14.8. The lowest BCUT2D eigenvalue weighted by molar-refractivity contribution is 0.470. The summed E-state index contributed by atoms with van der Waals surface area (Å²) in [7, 11) is 0. The molecule has 0 amide bonds. The molecule has 0 bridgehead atoms. The Balaban J connectivity index is 1.37. The molecular weight excluding hydrogens is 230 g/mol. The van der Waals surface area contributed by atoms with Crippen molar-refractivity contribution in [2.45, 2.75) is 63.8 Å². The Hall–Kier alpha value is -0.820. The summed E-state index contributed by atoms with van der Waals surface area (Å²) in [6.07, 6.45) is 11.5. The molecule has 0 heterocycles. The van der Waals surface area contributed by atoms with Crippen molar-refractivity contribution in [3.05, 3.63) is 35.4 Å². The van der Waals surface area contributed by atoms with E-state index in [-0.39, 0.29) is 0 Å². The Morgan fingerprint density at radius 3 is 2.58 bits per heavy atom. The van der Waals surface area contributed by atoms with Gasteiger partial charge in [0.05, 0.1) is 0 Å². The van der Waals surface area contributed by atoms with Gasteiger partial charge in [-0.05, 0) is 55.2 Å². The molecule has 104 valence electrons. The molecule has 2 saturated carbocycles. The third kappa shape index (κ3) is 3.82. The quantitative estimate of drug-likeness (QED) is 0.703. The summed E-state index contributed by atoms with van der Waals surface area (Å²) >= 11 is 0. The standard InChI is InChI=1S/C18H27N/c1-2-7-15(6-1)8-5-13-19-14-17-9-3-4-10-18(17)16-11-12-16/h3-4,9-10,15-16,19H,1-2,5-8,11-14H2. The van der Waals surface area contributed by atoms with Crippen LogP contribution in [0.4, 0.5) is 0 Å². The van der Waals surface area contributed by atoms with E-state index in [1.165, 1.54) is 63.5 Å². The SMILES string of the molecule is c1ccc(C2CC2)c(CNCCCC2CCCC2)c1. The van der Waals surface area contributed by atoms with Gasteiger partial charge in [0.25, 0.3) is 0 Å². The van der Waals surface area contributed by atoms with Crippen LogP contribution in [0, 0.1) is 5.92 Å². The zero-order chi connectivity index (χ0) is 12.9. The van der Waals surface area contributed by atoms with Crippen molar-refractivity contribution < 1.29 is 0 Å². The summed E-state index contributed by atoms with van der Waals surface area (Å²) in [5.74, 6) is 1.91. The molecule has 0 radical (unpaired) electrons. The minimum Gasteiger partial charge on any atom is -0.313 e. The fraction of sp³-hybridized carbons (Fsp3) is 0.667. The summed E-state index contributed by atoms with van der Waals surface area (Å²) in [4.78, 5) is 0. The molecular formula is C18H27N. The Morgan fingerprint density at radius 1 is 1.00 bits per heavy atom. The monoisotopic (exact) mass is 257 g/mol. The molecule has 1 aromatic carbocycles. The van der Waals surface area contributed by atoms with Crippen molar-refractivity contribution >= 4 is 0 Å². The summed E-state index contributed by atoms with van der Waals surface area (Å²) < 4.78 is 0. The van der Waals surface area contributed by atoms with Crippen molar-refractivity contribution in [1.82, 2.24) is 5.32 Å². The normalized spacial score (nSPS) is 20.0. The molecule has 1 N–H and O–H groups in total. The van der Waals surface area contributed by atoms with Crippen LogP contribution in [0.3, 0.4) is 0 Å². The lowest BCUT2D eigenvalue weighted by Crippen LogP contribution is -2.16. The molecule has 2 fully saturated rings. The summed E-state index contributed by atoms with van der Waals surface area (Å²) in [5.41, 5.74) is 3.14. The van der Waals surface area contributed by atoms with Crippen LogP contribution in [0.1, 0.15) is 68.4 Å². The summed E-state index contributed by atoms with van der Waals surface area (Å²) in [6.45, 7) is 2.26. The Bertz CT molecular complexity index is 388. The van der Waals surface area contributed by atoms with Crippen LogP contribution in [0.25, 0.3) is 0 Å². The second-order valence-corrected chi connectivity index (χ2v) is 6.44. The maximum atomic E-state index is 3.65. The number of benzene rings is 1. The molecule has 0 aliphatic heterocycles. The number of rotatable bonds is 7. The Labute approximate surface area is 117 Å². The zero-order valence-corrected chi connectivity index (χ0v) is 12.0. The molecule has 1 nitrogen and oxygen atoms in total. The number of hydrogen-bond donors (Lipinski definition) is 1. The van der Waals surface area contributed by atoms with Gasteiger partial charge >= 0.3 is 0 Å². The van der Waals surface area contributed by atoms with Crippen LogP contribution in [-0.2, 0) is 6.54 Å². The molecule has 0 atom stereocenters. The highest BCUT2D eigenvalue weighted by molar-refractivity contribution is 5.33. The van der Waals surface area contributed by atoms with Gasteiger partial charge in [0.2, 0.25) is 0 Å². The highest BCUT2D eigenvalue weighted by Crippen LogP contribution is 2.41. The maximum absolute atomic E-state index is 3.65. The van der Waals surface area contributed by atoms with Crippen LogP contribution in [0.2, 0.25) is 0 Å². The fourth-order valence-corrected chi connectivity index (χ4v) is 3.53. The minimum atomic E-state index is 0.872. The molecule has 1 aromatic rings. The van der Waals surface area contributed by atoms with Crippen molar-refractivity contribution in [2.24, 2.45) is 5.92 Å². The lowest BCUT2D eigenvalue weighted by atomic mass is 10.0. The smallest absolute Gasteiger partial charge is 0.0208 e. The van der Waals surface area contributed by atoms with E-state index < -0.39 is 0 Å². The van der Waals surface area contributed by atoms with Gasteiger partial charge in [0, 0.05) is 6.54 Å². The van der Waals surface area contributed by atoms with E-state index in [0.717, 1.165) is 18.4 Å². The fourth-order valence-electron chi connectivity index (χ4n) is 3.53. The second-order valence-electron chi connectivity index (χ2n) is 6.44. The molecule has 3 rings (SSSR count). The average molecular weight is 257 g/mol. The molecule has 0 aromatic heterocycles. The predicted molar refractivity (Wildman–Crippen MR) is 81.3 cm³/mol. The van der Waals surface area contributed by atoms with Gasteiger partial charge < -0.3 is 5.32 Å². The van der Waals surface area contributed by atoms with Crippen molar-refractivity contribution in [3.8, 4) is 0 Å². The van der Waals surface area contributed by atoms with E-state index in [2.05, 4.69) is 29.6 Å². The van der Waals surface area contributed by atoms with Gasteiger partial charge in [0.15, 0.2) is 0 Å². The van der Waals surface area contributed by atoms with Crippen LogP contribution in [-0.4, -0.2) is 6.54 Å². The van der Waals surface area contributed by atoms with Crippen LogP contribution in [0.15, 0.2) is 24.3 Å². The predicted octanol–water partition coefficient (Wildman–Crippen LogP) is 4.62. The molecule has 0 saturated heterocycles. The maximum Gasteiger partial charge on any atom is 0.0208 e. The second kappa shape index (κ2) is 6.56. The summed E-state index contributed by atoms with van der Waals surface area (Å²) in [6, 6.07) is 9.00. The van der Waals surface area contributed by atoms with E-state index >= 15 is 0 Å². The lowest BCUT2D eigenvalue weighted by Gasteiger charge is -2.11. The first-order chi connectivity index (χ1) is 9.43. The van der Waals surface area contributed by atoms with Crippen molar-refractivity contribution in [3.63, 3.8) is 0 Å². The van der Waals surface area contributed by atoms with Gasteiger partial charge in [-0.1, -0.05) is 49.9 Å². The van der Waals surface area contributed by atoms with Gasteiger partial charge in [-0.2, -0.15) is 0 Å². The third-order valence-electron chi connectivity index (χ3n) is 4.83. The third-order valence-corrected chi connectivity index (χ3v) is 4.83. The zero-order valence-electron chi connectivity index (χ0n) is 12.0. The first-order valence-electron chi connectivity index (χ1n) is 8.22. The van der Waals surface area contributed by atoms with Crippen molar-refractivity contribution in [2.75, 3.05) is 6.54 Å². The molecule has 0 spiro atoms. The van der Waals surface area contributed by atoms with Crippen LogP contribution >= 0.6 is 0 Å². The molecule has 0 unspecified atom stereocenters. The first-order valence-corrected chi connectivity index (χ1v) is 8.22. The molecule has 19 heavy (non-hydrogen) atoms. The van der Waals surface area contributed by atoms with Gasteiger partial charge in [0.1, 0.15) is 0 Å².